The van der Waals surface area contributed by atoms with Crippen molar-refractivity contribution in [3.63, 3.8) is 0 Å². The number of furan rings is 1. The maximum Gasteiger partial charge on any atom is 0.230 e. The Balaban J connectivity index is 1.73. The number of piperidine rings is 1. The van der Waals surface area contributed by atoms with Crippen LogP contribution in [-0.2, 0) is 16.1 Å². The lowest BCUT2D eigenvalue weighted by Gasteiger charge is -2.36. The molecular weight excluding hydrogens is 352 g/mol. The zero-order valence-electron chi connectivity index (χ0n) is 17.3. The molecule has 0 saturated carbocycles. The molecule has 0 bridgehead atoms. The standard InChI is InChI=1S/C23H30N2O3/c1-17-7-9-19(10-8-17)25(16-20-6-5-15-28-20)21(26)18-11-13-24(14-12-18)22(27)23(2,3)4/h5-10,15,18H,11-14,16H2,1-4H3. The molecular formula is C23H30N2O3. The minimum absolute atomic E-state index is 0.0831. The highest BCUT2D eigenvalue weighted by Crippen LogP contribution is 2.28. The van der Waals surface area contributed by atoms with Gasteiger partial charge in [-0.1, -0.05) is 38.5 Å². The van der Waals surface area contributed by atoms with Crippen LogP contribution in [0.25, 0.3) is 0 Å². The second-order valence-electron chi connectivity index (χ2n) is 8.66. The lowest BCUT2D eigenvalue weighted by atomic mass is 9.90. The summed E-state index contributed by atoms with van der Waals surface area (Å²) in [7, 11) is 0. The summed E-state index contributed by atoms with van der Waals surface area (Å²) in [6.07, 6.45) is 3.02. The molecule has 0 unspecified atom stereocenters. The van der Waals surface area contributed by atoms with E-state index in [0.29, 0.717) is 32.5 Å². The van der Waals surface area contributed by atoms with Crippen LogP contribution in [0.3, 0.4) is 0 Å². The monoisotopic (exact) mass is 382 g/mol. The quantitative estimate of drug-likeness (QED) is 0.787. The summed E-state index contributed by atoms with van der Waals surface area (Å²) < 4.78 is 5.49. The molecule has 150 valence electrons. The van der Waals surface area contributed by atoms with Gasteiger partial charge in [-0.2, -0.15) is 0 Å². The lowest BCUT2D eigenvalue weighted by Crippen LogP contribution is -2.47. The van der Waals surface area contributed by atoms with Crippen LogP contribution in [0.1, 0.15) is 44.9 Å². The summed E-state index contributed by atoms with van der Waals surface area (Å²) in [5.41, 5.74) is 1.65. The number of carbonyl (C=O) groups excluding carboxylic acids is 2. The van der Waals surface area contributed by atoms with Gasteiger partial charge in [0.25, 0.3) is 0 Å². The van der Waals surface area contributed by atoms with E-state index in [1.54, 1.807) is 6.26 Å². The first-order chi connectivity index (χ1) is 13.3. The molecule has 1 aliphatic heterocycles. The van der Waals surface area contributed by atoms with Gasteiger partial charge in [-0.15, -0.1) is 0 Å². The van der Waals surface area contributed by atoms with Gasteiger partial charge in [-0.25, -0.2) is 0 Å². The van der Waals surface area contributed by atoms with Gasteiger partial charge < -0.3 is 14.2 Å². The van der Waals surface area contributed by atoms with Gasteiger partial charge in [0, 0.05) is 30.1 Å². The van der Waals surface area contributed by atoms with Gasteiger partial charge in [0.15, 0.2) is 0 Å². The van der Waals surface area contributed by atoms with Gasteiger partial charge in [-0.3, -0.25) is 9.59 Å². The van der Waals surface area contributed by atoms with Gasteiger partial charge in [0.1, 0.15) is 5.76 Å². The molecule has 5 nitrogen and oxygen atoms in total. The van der Waals surface area contributed by atoms with E-state index >= 15 is 0 Å². The highest BCUT2D eigenvalue weighted by Gasteiger charge is 2.34. The third-order valence-electron chi connectivity index (χ3n) is 5.28. The summed E-state index contributed by atoms with van der Waals surface area (Å²) in [4.78, 5) is 29.6. The molecule has 3 rings (SSSR count). The van der Waals surface area contributed by atoms with Crippen LogP contribution in [-0.4, -0.2) is 29.8 Å². The number of nitrogens with zero attached hydrogens (tertiary/aromatic N) is 2. The summed E-state index contributed by atoms with van der Waals surface area (Å²) >= 11 is 0. The highest BCUT2D eigenvalue weighted by atomic mass is 16.3. The van der Waals surface area contributed by atoms with Gasteiger partial charge in [0.05, 0.1) is 12.8 Å². The van der Waals surface area contributed by atoms with Crippen LogP contribution < -0.4 is 4.90 Å². The molecule has 2 aromatic rings. The Labute approximate surface area is 167 Å². The predicted molar refractivity (Wildman–Crippen MR) is 110 cm³/mol. The van der Waals surface area contributed by atoms with Crippen LogP contribution in [0.15, 0.2) is 47.1 Å². The molecule has 2 heterocycles. The first-order valence-electron chi connectivity index (χ1n) is 9.95. The average Bonchev–Trinajstić information content (AvgIpc) is 3.18. The Hall–Kier alpha value is -2.56. The number of hydrogen-bond donors (Lipinski definition) is 0. The fourth-order valence-corrected chi connectivity index (χ4v) is 3.60. The Morgan fingerprint density at radius 3 is 2.29 bits per heavy atom. The van der Waals surface area contributed by atoms with E-state index in [1.165, 1.54) is 0 Å². The summed E-state index contributed by atoms with van der Waals surface area (Å²) in [6, 6.07) is 11.7. The van der Waals surface area contributed by atoms with Crippen molar-refractivity contribution in [1.82, 2.24) is 4.90 Å². The molecule has 0 atom stereocenters. The fraction of sp³-hybridized carbons (Fsp3) is 0.478. The third kappa shape index (κ3) is 4.64. The molecule has 0 spiro atoms. The lowest BCUT2D eigenvalue weighted by molar-refractivity contribution is -0.142. The zero-order chi connectivity index (χ0) is 20.3. The van der Waals surface area contributed by atoms with Crippen LogP contribution in [0, 0.1) is 18.3 Å². The van der Waals surface area contributed by atoms with Gasteiger partial charge >= 0.3 is 0 Å². The van der Waals surface area contributed by atoms with E-state index in [4.69, 9.17) is 4.42 Å². The van der Waals surface area contributed by atoms with Crippen LogP contribution in [0.2, 0.25) is 0 Å². The molecule has 0 radical (unpaired) electrons. The van der Waals surface area contributed by atoms with Crippen molar-refractivity contribution in [2.45, 2.75) is 47.1 Å². The van der Waals surface area contributed by atoms with Gasteiger partial charge in [0.2, 0.25) is 11.8 Å². The maximum atomic E-state index is 13.4. The second kappa shape index (κ2) is 8.21. The van der Waals surface area contributed by atoms with Crippen LogP contribution in [0.5, 0.6) is 0 Å². The van der Waals surface area contributed by atoms with E-state index in [1.807, 2.05) is 73.9 Å². The van der Waals surface area contributed by atoms with Crippen molar-refractivity contribution in [1.29, 1.82) is 0 Å². The number of rotatable bonds is 4. The number of aryl methyl sites for hydroxylation is 1. The van der Waals surface area contributed by atoms with E-state index in [2.05, 4.69) is 0 Å². The molecule has 1 fully saturated rings. The highest BCUT2D eigenvalue weighted by molar-refractivity contribution is 5.95. The van der Waals surface area contributed by atoms with Crippen molar-refractivity contribution >= 4 is 17.5 Å². The largest absolute Gasteiger partial charge is 0.467 e. The first-order valence-corrected chi connectivity index (χ1v) is 9.95. The molecule has 0 N–H and O–H groups in total. The Kier molecular flexibility index (Phi) is 5.92. The Bertz CT molecular complexity index is 795. The van der Waals surface area contributed by atoms with Gasteiger partial charge in [-0.05, 0) is 44.0 Å². The maximum absolute atomic E-state index is 13.4. The second-order valence-corrected chi connectivity index (χ2v) is 8.66. The topological polar surface area (TPSA) is 53.8 Å². The fourth-order valence-electron chi connectivity index (χ4n) is 3.60. The Morgan fingerprint density at radius 1 is 1.11 bits per heavy atom. The first kappa shape index (κ1) is 20.2. The normalized spacial score (nSPS) is 15.5. The smallest absolute Gasteiger partial charge is 0.230 e. The van der Waals surface area contributed by atoms with Crippen LogP contribution in [0.4, 0.5) is 5.69 Å². The summed E-state index contributed by atoms with van der Waals surface area (Å²) in [5.74, 6) is 0.932. The minimum atomic E-state index is -0.385. The predicted octanol–water partition coefficient (Wildman–Crippen LogP) is 4.41. The van der Waals surface area contributed by atoms with Crippen molar-refractivity contribution in [3.8, 4) is 0 Å². The van der Waals surface area contributed by atoms with E-state index in [-0.39, 0.29) is 23.1 Å². The summed E-state index contributed by atoms with van der Waals surface area (Å²) in [5, 5.41) is 0. The van der Waals surface area contributed by atoms with Crippen molar-refractivity contribution in [2.24, 2.45) is 11.3 Å². The number of benzene rings is 1. The molecule has 28 heavy (non-hydrogen) atoms. The molecule has 2 amide bonds. The van der Waals surface area contributed by atoms with Crippen molar-refractivity contribution in [3.05, 3.63) is 54.0 Å². The van der Waals surface area contributed by atoms with E-state index < -0.39 is 0 Å². The van der Waals surface area contributed by atoms with E-state index in [0.717, 1.165) is 17.0 Å². The number of amides is 2. The number of carbonyl (C=O) groups is 2. The molecule has 5 heteroatoms. The van der Waals surface area contributed by atoms with Crippen LogP contribution >= 0.6 is 0 Å². The van der Waals surface area contributed by atoms with Crippen molar-refractivity contribution < 1.29 is 14.0 Å². The molecule has 1 aromatic carbocycles. The third-order valence-corrected chi connectivity index (χ3v) is 5.28. The number of likely N-dealkylation sites (tertiary alicyclic amines) is 1. The number of anilines is 1. The summed E-state index contributed by atoms with van der Waals surface area (Å²) in [6.45, 7) is 9.53. The molecule has 0 aliphatic carbocycles. The SMILES string of the molecule is Cc1ccc(N(Cc2ccco2)C(=O)C2CCN(C(=O)C(C)(C)C)CC2)cc1. The molecule has 1 saturated heterocycles. The van der Waals surface area contributed by atoms with Crippen molar-refractivity contribution in [2.75, 3.05) is 18.0 Å². The molecule has 1 aromatic heterocycles. The number of hydrogen-bond acceptors (Lipinski definition) is 3. The molecule has 1 aliphatic rings. The van der Waals surface area contributed by atoms with E-state index in [9.17, 15) is 9.59 Å². The zero-order valence-corrected chi connectivity index (χ0v) is 17.3. The Morgan fingerprint density at radius 2 is 1.75 bits per heavy atom. The minimum Gasteiger partial charge on any atom is -0.467 e. The average molecular weight is 383 g/mol.